The molecule has 9 heavy (non-hydrogen) atoms. The van der Waals surface area contributed by atoms with E-state index < -0.39 is 0 Å². The van der Waals surface area contributed by atoms with Crippen molar-refractivity contribution in [1.82, 2.24) is 0 Å². The molecule has 0 spiro atoms. The highest BCUT2D eigenvalue weighted by Crippen LogP contribution is 2.42. The Morgan fingerprint density at radius 3 is 2.78 bits per heavy atom. The van der Waals surface area contributed by atoms with E-state index in [2.05, 4.69) is 13.0 Å². The molecule has 0 N–H and O–H groups in total. The summed E-state index contributed by atoms with van der Waals surface area (Å²) in [5, 5.41) is 0. The first kappa shape index (κ1) is 5.21. The second-order valence-corrected chi connectivity index (χ2v) is 3.16. The van der Waals surface area contributed by atoms with Crippen molar-refractivity contribution in [1.29, 1.82) is 0 Å². The lowest BCUT2D eigenvalue weighted by Crippen LogP contribution is -2.32. The number of hydrogen-bond donors (Lipinski definition) is 0. The Balaban J connectivity index is 2.18. The van der Waals surface area contributed by atoms with Crippen LogP contribution in [0.4, 0.5) is 0 Å². The monoisotopic (exact) mass is 122 g/mol. The molecule has 1 heteroatoms. The van der Waals surface area contributed by atoms with Crippen molar-refractivity contribution < 1.29 is 4.79 Å². The molecule has 0 radical (unpaired) electrons. The van der Waals surface area contributed by atoms with Gasteiger partial charge in [-0.05, 0) is 19.3 Å². The number of rotatable bonds is 0. The molecule has 2 aliphatic carbocycles. The van der Waals surface area contributed by atoms with E-state index in [0.29, 0.717) is 17.6 Å². The minimum Gasteiger partial charge on any atom is -0.299 e. The zero-order valence-electron chi connectivity index (χ0n) is 5.55. The van der Waals surface area contributed by atoms with Crippen molar-refractivity contribution in [3.05, 3.63) is 11.6 Å². The van der Waals surface area contributed by atoms with E-state index in [4.69, 9.17) is 0 Å². The fourth-order valence-electron chi connectivity index (χ4n) is 1.82. The summed E-state index contributed by atoms with van der Waals surface area (Å²) < 4.78 is 0. The van der Waals surface area contributed by atoms with E-state index in [-0.39, 0.29) is 0 Å². The van der Waals surface area contributed by atoms with Crippen LogP contribution in [0.3, 0.4) is 0 Å². The molecule has 0 unspecified atom stereocenters. The number of carbonyl (C=O) groups excluding carboxylic acids is 1. The number of hydrogen-bond acceptors (Lipinski definition) is 1. The van der Waals surface area contributed by atoms with Gasteiger partial charge in [0, 0.05) is 12.3 Å². The summed E-state index contributed by atoms with van der Waals surface area (Å²) in [7, 11) is 0. The summed E-state index contributed by atoms with van der Waals surface area (Å²) in [6.07, 6.45) is 4.12. The normalized spacial score (nSPS) is 39.7. The molecule has 2 rings (SSSR count). The van der Waals surface area contributed by atoms with Gasteiger partial charge in [0.2, 0.25) is 0 Å². The van der Waals surface area contributed by atoms with Gasteiger partial charge < -0.3 is 0 Å². The van der Waals surface area contributed by atoms with Crippen LogP contribution in [-0.2, 0) is 4.79 Å². The summed E-state index contributed by atoms with van der Waals surface area (Å²) in [4.78, 5) is 10.8. The highest BCUT2D eigenvalue weighted by atomic mass is 16.1. The molecule has 48 valence electrons. The SMILES string of the molecule is CC1=C[C@@H]2CC(=O)[C@@H]2C1. The van der Waals surface area contributed by atoms with Gasteiger partial charge in [-0.2, -0.15) is 0 Å². The Hall–Kier alpha value is -0.590. The molecule has 1 fully saturated rings. The molecule has 0 aliphatic heterocycles. The summed E-state index contributed by atoms with van der Waals surface area (Å²) in [6.45, 7) is 2.12. The van der Waals surface area contributed by atoms with E-state index in [1.165, 1.54) is 5.57 Å². The third kappa shape index (κ3) is 0.576. The van der Waals surface area contributed by atoms with Gasteiger partial charge in [0.05, 0.1) is 0 Å². The molecule has 0 amide bonds. The van der Waals surface area contributed by atoms with E-state index in [9.17, 15) is 4.79 Å². The van der Waals surface area contributed by atoms with Crippen LogP contribution in [0.2, 0.25) is 0 Å². The first-order chi connectivity index (χ1) is 4.27. The van der Waals surface area contributed by atoms with Gasteiger partial charge >= 0.3 is 0 Å². The van der Waals surface area contributed by atoms with E-state index in [0.717, 1.165) is 12.8 Å². The van der Waals surface area contributed by atoms with Gasteiger partial charge in [-0.3, -0.25) is 4.79 Å². The molecule has 0 saturated heterocycles. The third-order valence-electron chi connectivity index (χ3n) is 2.41. The Bertz CT molecular complexity index is 191. The molecule has 0 bridgehead atoms. The summed E-state index contributed by atoms with van der Waals surface area (Å²) in [5.74, 6) is 1.52. The van der Waals surface area contributed by atoms with Crippen molar-refractivity contribution in [3.63, 3.8) is 0 Å². The average molecular weight is 122 g/mol. The standard InChI is InChI=1S/C8H10O/c1-5-2-6-4-8(9)7(6)3-5/h2,6-7H,3-4H2,1H3/t6-,7-/m1/s1. The van der Waals surface area contributed by atoms with Gasteiger partial charge in [-0.25, -0.2) is 0 Å². The zero-order valence-corrected chi connectivity index (χ0v) is 5.55. The van der Waals surface area contributed by atoms with Crippen molar-refractivity contribution >= 4 is 5.78 Å². The number of fused-ring (bicyclic) bond motifs is 1. The highest BCUT2D eigenvalue weighted by molar-refractivity contribution is 5.89. The molecule has 1 nitrogen and oxygen atoms in total. The molecular formula is C8H10O. The van der Waals surface area contributed by atoms with Crippen LogP contribution in [0.15, 0.2) is 11.6 Å². The Labute approximate surface area is 54.8 Å². The maximum atomic E-state index is 10.8. The largest absolute Gasteiger partial charge is 0.299 e. The Kier molecular flexibility index (Phi) is 0.850. The molecule has 0 heterocycles. The smallest absolute Gasteiger partial charge is 0.137 e. The first-order valence-electron chi connectivity index (χ1n) is 3.47. The predicted molar refractivity (Wildman–Crippen MR) is 35.0 cm³/mol. The molecule has 0 aromatic carbocycles. The minimum atomic E-state index is 0.407. The summed E-state index contributed by atoms with van der Waals surface area (Å²) in [6, 6.07) is 0. The van der Waals surface area contributed by atoms with Crippen LogP contribution in [0.25, 0.3) is 0 Å². The maximum Gasteiger partial charge on any atom is 0.137 e. The molecular weight excluding hydrogens is 112 g/mol. The van der Waals surface area contributed by atoms with Crippen molar-refractivity contribution in [2.45, 2.75) is 19.8 Å². The Morgan fingerprint density at radius 2 is 2.33 bits per heavy atom. The van der Waals surface area contributed by atoms with Gasteiger partial charge in [-0.15, -0.1) is 0 Å². The van der Waals surface area contributed by atoms with Crippen LogP contribution < -0.4 is 0 Å². The average Bonchev–Trinajstić information content (AvgIpc) is 2.08. The minimum absolute atomic E-state index is 0.407. The summed E-state index contributed by atoms with van der Waals surface area (Å²) in [5.41, 5.74) is 1.41. The topological polar surface area (TPSA) is 17.1 Å². The lowest BCUT2D eigenvalue weighted by Gasteiger charge is -2.27. The first-order valence-corrected chi connectivity index (χ1v) is 3.47. The second kappa shape index (κ2) is 1.47. The van der Waals surface area contributed by atoms with Gasteiger partial charge in [0.15, 0.2) is 0 Å². The van der Waals surface area contributed by atoms with E-state index in [1.54, 1.807) is 0 Å². The lowest BCUT2D eigenvalue weighted by molar-refractivity contribution is -0.131. The molecule has 2 atom stereocenters. The number of carbonyl (C=O) groups is 1. The maximum absolute atomic E-state index is 10.8. The van der Waals surface area contributed by atoms with Crippen molar-refractivity contribution in [2.24, 2.45) is 11.8 Å². The quantitative estimate of drug-likeness (QED) is 0.445. The fraction of sp³-hybridized carbons (Fsp3) is 0.625. The van der Waals surface area contributed by atoms with Crippen LogP contribution >= 0.6 is 0 Å². The number of ketones is 1. The summed E-state index contributed by atoms with van der Waals surface area (Å²) >= 11 is 0. The van der Waals surface area contributed by atoms with Crippen LogP contribution in [0.1, 0.15) is 19.8 Å². The van der Waals surface area contributed by atoms with Gasteiger partial charge in [0.25, 0.3) is 0 Å². The third-order valence-corrected chi connectivity index (χ3v) is 2.41. The van der Waals surface area contributed by atoms with Crippen molar-refractivity contribution in [2.75, 3.05) is 0 Å². The van der Waals surface area contributed by atoms with Gasteiger partial charge in [-0.1, -0.05) is 11.6 Å². The van der Waals surface area contributed by atoms with Crippen LogP contribution in [0.5, 0.6) is 0 Å². The molecule has 0 aromatic rings. The zero-order chi connectivity index (χ0) is 6.43. The Morgan fingerprint density at radius 1 is 1.56 bits per heavy atom. The fourth-order valence-corrected chi connectivity index (χ4v) is 1.82. The molecule has 0 aromatic heterocycles. The van der Waals surface area contributed by atoms with Crippen LogP contribution in [-0.4, -0.2) is 5.78 Å². The van der Waals surface area contributed by atoms with Crippen LogP contribution in [0, 0.1) is 11.8 Å². The number of allylic oxidation sites excluding steroid dienone is 2. The molecule has 1 saturated carbocycles. The van der Waals surface area contributed by atoms with Gasteiger partial charge in [0.1, 0.15) is 5.78 Å². The predicted octanol–water partition coefficient (Wildman–Crippen LogP) is 1.54. The lowest BCUT2D eigenvalue weighted by atomic mass is 9.75. The van der Waals surface area contributed by atoms with E-state index >= 15 is 0 Å². The second-order valence-electron chi connectivity index (χ2n) is 3.16. The van der Waals surface area contributed by atoms with E-state index in [1.807, 2.05) is 0 Å². The highest BCUT2D eigenvalue weighted by Gasteiger charge is 2.41. The van der Waals surface area contributed by atoms with Crippen molar-refractivity contribution in [3.8, 4) is 0 Å². The molecule has 2 aliphatic rings. The number of Topliss-reactive ketones (excluding diaryl/α,β-unsaturated/α-hetero) is 1.